The average Bonchev–Trinajstić information content (AvgIpc) is 2.12. The van der Waals surface area contributed by atoms with Crippen LogP contribution in [-0.4, -0.2) is 18.3 Å². The second-order valence-corrected chi connectivity index (χ2v) is 4.07. The summed E-state index contributed by atoms with van der Waals surface area (Å²) in [4.78, 5) is 0. The van der Waals surface area contributed by atoms with Crippen LogP contribution < -0.4 is 0 Å². The molecule has 128 valence electrons. The van der Waals surface area contributed by atoms with Crippen LogP contribution in [-0.2, 0) is 0 Å². The van der Waals surface area contributed by atoms with Gasteiger partial charge < -0.3 is 0 Å². The molecule has 0 radical (unpaired) electrons. The Morgan fingerprint density at radius 1 is 0.750 bits per heavy atom. The van der Waals surface area contributed by atoms with Gasteiger partial charge in [-0.1, -0.05) is 28.7 Å². The zero-order chi connectivity index (χ0) is 15.4. The first-order chi connectivity index (χ1) is 7.64. The zero-order valence-electron chi connectivity index (χ0n) is 10.4. The highest BCUT2D eigenvalue weighted by Crippen LogP contribution is 2.37. The highest BCUT2D eigenvalue weighted by atomic mass is 19.4. The lowest BCUT2D eigenvalue weighted by molar-refractivity contribution is -0.228. The maximum Gasteiger partial charge on any atom is 0.397 e. The van der Waals surface area contributed by atoms with E-state index in [1.165, 1.54) is 13.8 Å². The van der Waals surface area contributed by atoms with Gasteiger partial charge in [-0.25, -0.2) is 8.78 Å². The standard InChI is InChI=1S/C5H7F5.C5H9F3.2CH4/c1-3(4(2,6)7)5(8,9)10;1-3-4(2)5(6,7)8;;/h3H,1-2H3;4H,3H2,1-2H3;2*1H4. The summed E-state index contributed by atoms with van der Waals surface area (Å²) in [6.07, 6.45) is -8.63. The van der Waals surface area contributed by atoms with Crippen LogP contribution in [0.15, 0.2) is 0 Å². The molecule has 8 heteroatoms. The van der Waals surface area contributed by atoms with E-state index in [4.69, 9.17) is 0 Å². The summed E-state index contributed by atoms with van der Waals surface area (Å²) in [5, 5.41) is 0. The lowest BCUT2D eigenvalue weighted by atomic mass is 10.1. The number of rotatable bonds is 2. The van der Waals surface area contributed by atoms with Gasteiger partial charge in [0.2, 0.25) is 0 Å². The van der Waals surface area contributed by atoms with Crippen LogP contribution in [0.3, 0.4) is 0 Å². The molecule has 0 saturated heterocycles. The summed E-state index contributed by atoms with van der Waals surface area (Å²) in [6.45, 7) is 3.42. The van der Waals surface area contributed by atoms with E-state index >= 15 is 0 Å². The number of alkyl halides is 8. The molecule has 0 amide bonds. The van der Waals surface area contributed by atoms with E-state index in [0.29, 0.717) is 6.92 Å². The fourth-order valence-corrected chi connectivity index (χ4v) is 0.519. The highest BCUT2D eigenvalue weighted by molar-refractivity contribution is 4.74. The smallest absolute Gasteiger partial charge is 0.207 e. The van der Waals surface area contributed by atoms with Crippen LogP contribution in [0.2, 0.25) is 0 Å². The lowest BCUT2D eigenvalue weighted by Gasteiger charge is -2.21. The molecule has 0 spiro atoms. The topological polar surface area (TPSA) is 0 Å². The third kappa shape index (κ3) is 12.5. The molecule has 2 unspecified atom stereocenters. The van der Waals surface area contributed by atoms with Crippen molar-refractivity contribution < 1.29 is 35.1 Å². The summed E-state index contributed by atoms with van der Waals surface area (Å²) in [5.41, 5.74) is 0. The molecule has 0 nitrogen and oxygen atoms in total. The van der Waals surface area contributed by atoms with E-state index < -0.39 is 30.1 Å². The van der Waals surface area contributed by atoms with Crippen molar-refractivity contribution in [3.05, 3.63) is 0 Å². The van der Waals surface area contributed by atoms with Crippen LogP contribution in [0.1, 0.15) is 49.0 Å². The Bertz CT molecular complexity index is 209. The predicted octanol–water partition coefficient (Wildman–Crippen LogP) is 6.71. The first-order valence-electron chi connectivity index (χ1n) is 5.15. The fourth-order valence-electron chi connectivity index (χ4n) is 0.519. The molecule has 0 aliphatic carbocycles. The minimum absolute atomic E-state index is 0. The molecule has 0 aromatic rings. The van der Waals surface area contributed by atoms with Crippen LogP contribution in [0, 0.1) is 11.8 Å². The van der Waals surface area contributed by atoms with Crippen LogP contribution in [0.4, 0.5) is 35.1 Å². The van der Waals surface area contributed by atoms with Crippen molar-refractivity contribution in [1.29, 1.82) is 0 Å². The Balaban J connectivity index is -0.000000119. The molecule has 2 atom stereocenters. The van der Waals surface area contributed by atoms with Gasteiger partial charge in [-0.3, -0.25) is 0 Å². The van der Waals surface area contributed by atoms with E-state index in [1.54, 1.807) is 0 Å². The Morgan fingerprint density at radius 2 is 1.05 bits per heavy atom. The quantitative estimate of drug-likeness (QED) is 0.496. The zero-order valence-corrected chi connectivity index (χ0v) is 10.4. The Kier molecular flexibility index (Phi) is 13.0. The third-order valence-corrected chi connectivity index (χ3v) is 2.42. The summed E-state index contributed by atoms with van der Waals surface area (Å²) in [5.74, 6) is -7.40. The van der Waals surface area contributed by atoms with Crippen molar-refractivity contribution in [2.24, 2.45) is 11.8 Å². The Morgan fingerprint density at radius 3 is 1.05 bits per heavy atom. The maximum absolute atomic E-state index is 11.9. The molecule has 0 fully saturated rings. The first-order valence-corrected chi connectivity index (χ1v) is 5.15. The molecule has 0 aliphatic heterocycles. The van der Waals surface area contributed by atoms with Crippen LogP contribution >= 0.6 is 0 Å². The normalized spacial score (nSPS) is 15.0. The minimum atomic E-state index is -4.81. The molecule has 0 aromatic carbocycles. The maximum atomic E-state index is 11.9. The molecular formula is C12H24F8. The summed E-state index contributed by atoms with van der Waals surface area (Å²) in [7, 11) is 0. The molecule has 0 rings (SSSR count). The van der Waals surface area contributed by atoms with E-state index in [1.807, 2.05) is 0 Å². The predicted molar refractivity (Wildman–Crippen MR) is 64.8 cm³/mol. The van der Waals surface area contributed by atoms with Gasteiger partial charge in [0, 0.05) is 0 Å². The fraction of sp³-hybridized carbons (Fsp3) is 1.00. The molecule has 0 saturated carbocycles. The van der Waals surface area contributed by atoms with E-state index in [-0.39, 0.29) is 28.2 Å². The first kappa shape index (κ1) is 27.7. The van der Waals surface area contributed by atoms with Crippen LogP contribution in [0.5, 0.6) is 0 Å². The van der Waals surface area contributed by atoms with Gasteiger partial charge in [0.05, 0.1) is 5.92 Å². The second kappa shape index (κ2) is 9.39. The Labute approximate surface area is 115 Å². The van der Waals surface area contributed by atoms with Crippen molar-refractivity contribution in [2.45, 2.75) is 67.2 Å². The highest BCUT2D eigenvalue weighted by Gasteiger charge is 2.49. The minimum Gasteiger partial charge on any atom is -0.207 e. The van der Waals surface area contributed by atoms with Crippen molar-refractivity contribution >= 4 is 0 Å². The van der Waals surface area contributed by atoms with Gasteiger partial charge in [0.25, 0.3) is 5.92 Å². The van der Waals surface area contributed by atoms with Crippen LogP contribution in [0.25, 0.3) is 0 Å². The molecule has 0 bridgehead atoms. The van der Waals surface area contributed by atoms with Crippen molar-refractivity contribution in [3.8, 4) is 0 Å². The summed E-state index contributed by atoms with van der Waals surface area (Å²) >= 11 is 0. The van der Waals surface area contributed by atoms with Crippen molar-refractivity contribution in [3.63, 3.8) is 0 Å². The molecular weight excluding hydrogens is 296 g/mol. The lowest BCUT2D eigenvalue weighted by Crippen LogP contribution is -2.34. The number of halogens is 8. The SMILES string of the molecule is C.C.CC(C(C)(F)F)C(F)(F)F.CCC(C)C(F)(F)F. The summed E-state index contributed by atoms with van der Waals surface area (Å²) in [6, 6.07) is 0. The van der Waals surface area contributed by atoms with Gasteiger partial charge in [-0.05, 0) is 20.3 Å². The van der Waals surface area contributed by atoms with Gasteiger partial charge >= 0.3 is 12.4 Å². The molecule has 20 heavy (non-hydrogen) atoms. The second-order valence-electron chi connectivity index (χ2n) is 4.07. The number of hydrogen-bond donors (Lipinski definition) is 0. The molecule has 0 N–H and O–H groups in total. The van der Waals surface area contributed by atoms with Gasteiger partial charge in [-0.2, -0.15) is 26.3 Å². The summed E-state index contributed by atoms with van der Waals surface area (Å²) < 4.78 is 92.5. The Hall–Kier alpha value is -0.560. The van der Waals surface area contributed by atoms with E-state index in [9.17, 15) is 35.1 Å². The molecule has 0 aliphatic rings. The molecule has 0 heterocycles. The molecule has 0 aromatic heterocycles. The van der Waals surface area contributed by atoms with Crippen molar-refractivity contribution in [1.82, 2.24) is 0 Å². The largest absolute Gasteiger partial charge is 0.397 e. The van der Waals surface area contributed by atoms with Crippen molar-refractivity contribution in [2.75, 3.05) is 0 Å². The number of hydrogen-bond acceptors (Lipinski definition) is 0. The third-order valence-electron chi connectivity index (χ3n) is 2.42. The van der Waals surface area contributed by atoms with Gasteiger partial charge in [0.15, 0.2) is 0 Å². The monoisotopic (exact) mass is 320 g/mol. The van der Waals surface area contributed by atoms with E-state index in [2.05, 4.69) is 0 Å². The van der Waals surface area contributed by atoms with Gasteiger partial charge in [0.1, 0.15) is 5.92 Å². The average molecular weight is 320 g/mol. The van der Waals surface area contributed by atoms with Gasteiger partial charge in [-0.15, -0.1) is 0 Å². The van der Waals surface area contributed by atoms with E-state index in [0.717, 1.165) is 0 Å².